The summed E-state index contributed by atoms with van der Waals surface area (Å²) in [7, 11) is 2.94. The highest BCUT2D eigenvalue weighted by Gasteiger charge is 2.58. The lowest BCUT2D eigenvalue weighted by atomic mass is 9.94. The maximum absolute atomic E-state index is 13.7. The van der Waals surface area contributed by atoms with Crippen LogP contribution >= 0.6 is 0 Å². The third-order valence-corrected chi connectivity index (χ3v) is 7.27. The fourth-order valence-electron chi connectivity index (χ4n) is 5.50. The number of carbonyl (C=O) groups is 4. The summed E-state index contributed by atoms with van der Waals surface area (Å²) in [4.78, 5) is 53.8. The van der Waals surface area contributed by atoms with Crippen LogP contribution in [0.3, 0.4) is 0 Å². The van der Waals surface area contributed by atoms with Crippen LogP contribution in [-0.2, 0) is 26.3 Å². The molecule has 3 aliphatic rings. The van der Waals surface area contributed by atoms with Gasteiger partial charge in [-0.15, -0.1) is 0 Å². The maximum Gasteiger partial charge on any atom is 0.418 e. The standard InChI is InChI=1S/C26H27FN4O6/c1-28-24(34)29-17-6-8-19-15(12-17)9-10-26(19)23(33)31(25(35)37-26)14-22(32)30-11-3-4-20(30)18-7-5-16(27)13-21(18)36-2/h5-8,12-13,20H,3-4,9-11,14H2,1-2H3,(H2,28,29,34)/t20-,26?/m1/s1. The Bertz CT molecular complexity index is 1300. The zero-order valence-corrected chi connectivity index (χ0v) is 20.5. The van der Waals surface area contributed by atoms with Crippen LogP contribution in [0, 0.1) is 5.82 Å². The molecule has 2 fully saturated rings. The molecule has 0 saturated carbocycles. The van der Waals surface area contributed by atoms with Crippen molar-refractivity contribution in [3.8, 4) is 5.75 Å². The van der Waals surface area contributed by atoms with Crippen LogP contribution in [0.25, 0.3) is 0 Å². The normalized spacial score (nSPS) is 22.3. The summed E-state index contributed by atoms with van der Waals surface area (Å²) in [6, 6.07) is 8.51. The molecule has 2 N–H and O–H groups in total. The minimum absolute atomic E-state index is 0.250. The summed E-state index contributed by atoms with van der Waals surface area (Å²) in [5.74, 6) is -1.08. The molecule has 2 aromatic carbocycles. The third-order valence-electron chi connectivity index (χ3n) is 7.27. The number of nitrogens with one attached hydrogen (secondary N) is 2. The van der Waals surface area contributed by atoms with Gasteiger partial charge in [0.15, 0.2) is 0 Å². The Labute approximate surface area is 212 Å². The molecule has 0 bridgehead atoms. The molecule has 11 heteroatoms. The average Bonchev–Trinajstić information content (AvgIpc) is 3.57. The number of imide groups is 1. The van der Waals surface area contributed by atoms with E-state index < -0.39 is 35.9 Å². The van der Waals surface area contributed by atoms with Gasteiger partial charge in [0.1, 0.15) is 18.1 Å². The lowest BCUT2D eigenvalue weighted by Crippen LogP contribution is -2.44. The second kappa shape index (κ2) is 9.38. The Morgan fingerprint density at radius 3 is 2.78 bits per heavy atom. The van der Waals surface area contributed by atoms with Crippen molar-refractivity contribution >= 4 is 29.6 Å². The molecular weight excluding hydrogens is 483 g/mol. The summed E-state index contributed by atoms with van der Waals surface area (Å²) in [5, 5.41) is 5.15. The third kappa shape index (κ3) is 4.13. The van der Waals surface area contributed by atoms with Gasteiger partial charge >= 0.3 is 12.1 Å². The van der Waals surface area contributed by atoms with Crippen LogP contribution in [-0.4, -0.2) is 61.0 Å². The summed E-state index contributed by atoms with van der Waals surface area (Å²) < 4.78 is 24.7. The van der Waals surface area contributed by atoms with E-state index in [4.69, 9.17) is 9.47 Å². The number of amides is 5. The number of fused-ring (bicyclic) bond motifs is 2. The van der Waals surface area contributed by atoms with Crippen molar-refractivity contribution in [2.24, 2.45) is 0 Å². The van der Waals surface area contributed by atoms with E-state index in [-0.39, 0.29) is 18.5 Å². The number of urea groups is 1. The quantitative estimate of drug-likeness (QED) is 0.639. The first-order chi connectivity index (χ1) is 17.8. The van der Waals surface area contributed by atoms with E-state index in [1.807, 2.05) is 0 Å². The second-order valence-corrected chi connectivity index (χ2v) is 9.29. The number of aryl methyl sites for hydroxylation is 1. The number of likely N-dealkylation sites (tertiary alicyclic amines) is 1. The molecule has 1 unspecified atom stereocenters. The van der Waals surface area contributed by atoms with Gasteiger partial charge in [-0.2, -0.15) is 0 Å². The first-order valence-electron chi connectivity index (χ1n) is 12.1. The summed E-state index contributed by atoms with van der Waals surface area (Å²) >= 11 is 0. The van der Waals surface area contributed by atoms with E-state index >= 15 is 0 Å². The first kappa shape index (κ1) is 24.5. The fraction of sp³-hybridized carbons (Fsp3) is 0.385. The number of ether oxygens (including phenoxy) is 2. The number of hydrogen-bond acceptors (Lipinski definition) is 6. The molecule has 0 radical (unpaired) electrons. The molecule has 5 amide bonds. The van der Waals surface area contributed by atoms with Gasteiger partial charge < -0.3 is 25.0 Å². The van der Waals surface area contributed by atoms with E-state index in [2.05, 4.69) is 10.6 Å². The highest BCUT2D eigenvalue weighted by Crippen LogP contribution is 2.46. The number of anilines is 1. The van der Waals surface area contributed by atoms with Gasteiger partial charge in [-0.1, -0.05) is 12.1 Å². The molecule has 2 saturated heterocycles. The highest BCUT2D eigenvalue weighted by atomic mass is 19.1. The number of carbonyl (C=O) groups excluding carboxylic acids is 4. The molecule has 37 heavy (non-hydrogen) atoms. The molecule has 1 spiro atoms. The number of benzene rings is 2. The number of nitrogens with zero attached hydrogens (tertiary/aromatic N) is 2. The Balaban J connectivity index is 1.34. The van der Waals surface area contributed by atoms with E-state index in [1.165, 1.54) is 26.3 Å². The van der Waals surface area contributed by atoms with Crippen LogP contribution in [0.15, 0.2) is 36.4 Å². The lowest BCUT2D eigenvalue weighted by molar-refractivity contribution is -0.142. The predicted molar refractivity (Wildman–Crippen MR) is 129 cm³/mol. The molecule has 2 aliphatic heterocycles. The molecule has 10 nitrogen and oxygen atoms in total. The van der Waals surface area contributed by atoms with Gasteiger partial charge in [0.25, 0.3) is 5.91 Å². The van der Waals surface area contributed by atoms with Crippen molar-refractivity contribution in [3.05, 3.63) is 58.9 Å². The highest BCUT2D eigenvalue weighted by molar-refractivity contribution is 6.06. The number of methoxy groups -OCH3 is 1. The van der Waals surface area contributed by atoms with Crippen LogP contribution < -0.4 is 15.4 Å². The van der Waals surface area contributed by atoms with E-state index in [1.54, 1.807) is 29.2 Å². The molecule has 1 aliphatic carbocycles. The van der Waals surface area contributed by atoms with Crippen molar-refractivity contribution in [2.75, 3.05) is 32.6 Å². The topological polar surface area (TPSA) is 117 Å². The molecule has 5 rings (SSSR count). The van der Waals surface area contributed by atoms with E-state index in [9.17, 15) is 23.6 Å². The van der Waals surface area contributed by atoms with Gasteiger partial charge in [0, 0.05) is 42.9 Å². The van der Waals surface area contributed by atoms with E-state index in [0.29, 0.717) is 42.0 Å². The minimum Gasteiger partial charge on any atom is -0.496 e. The van der Waals surface area contributed by atoms with Gasteiger partial charge in [-0.05, 0) is 43.0 Å². The van der Waals surface area contributed by atoms with Crippen molar-refractivity contribution < 1.29 is 33.0 Å². The minimum atomic E-state index is -1.48. The second-order valence-electron chi connectivity index (χ2n) is 9.29. The van der Waals surface area contributed by atoms with Crippen molar-refractivity contribution in [3.63, 3.8) is 0 Å². The largest absolute Gasteiger partial charge is 0.496 e. The first-order valence-corrected chi connectivity index (χ1v) is 12.1. The van der Waals surface area contributed by atoms with Gasteiger partial charge in [-0.3, -0.25) is 9.59 Å². The van der Waals surface area contributed by atoms with Gasteiger partial charge in [0.2, 0.25) is 11.5 Å². The molecular formula is C26H27FN4O6. The summed E-state index contributed by atoms with van der Waals surface area (Å²) in [5.41, 5.74) is 1.08. The predicted octanol–water partition coefficient (Wildman–Crippen LogP) is 3.07. The van der Waals surface area contributed by atoms with Crippen LogP contribution in [0.5, 0.6) is 5.75 Å². The molecule has 194 valence electrons. The molecule has 2 aromatic rings. The van der Waals surface area contributed by atoms with Crippen molar-refractivity contribution in [1.29, 1.82) is 0 Å². The Hall–Kier alpha value is -4.15. The average molecular weight is 511 g/mol. The lowest BCUT2D eigenvalue weighted by Gasteiger charge is -2.27. The van der Waals surface area contributed by atoms with Crippen LogP contribution in [0.2, 0.25) is 0 Å². The smallest absolute Gasteiger partial charge is 0.418 e. The zero-order valence-electron chi connectivity index (χ0n) is 20.5. The summed E-state index contributed by atoms with van der Waals surface area (Å²) in [6.45, 7) is -0.0126. The number of hydrogen-bond donors (Lipinski definition) is 2. The number of halogens is 1. The van der Waals surface area contributed by atoms with Gasteiger partial charge in [-0.25, -0.2) is 18.9 Å². The zero-order chi connectivity index (χ0) is 26.3. The Morgan fingerprint density at radius 1 is 1.22 bits per heavy atom. The Kier molecular flexibility index (Phi) is 6.22. The molecule has 0 aromatic heterocycles. The summed E-state index contributed by atoms with van der Waals surface area (Å²) in [6.07, 6.45) is 1.22. The van der Waals surface area contributed by atoms with Crippen molar-refractivity contribution in [1.82, 2.24) is 15.1 Å². The molecule has 2 heterocycles. The van der Waals surface area contributed by atoms with Gasteiger partial charge in [0.05, 0.1) is 13.2 Å². The van der Waals surface area contributed by atoms with Crippen LogP contribution in [0.1, 0.15) is 42.0 Å². The molecule has 2 atom stereocenters. The maximum atomic E-state index is 13.7. The van der Waals surface area contributed by atoms with Crippen LogP contribution in [0.4, 0.5) is 19.7 Å². The van der Waals surface area contributed by atoms with Crippen molar-refractivity contribution in [2.45, 2.75) is 37.3 Å². The number of rotatable bonds is 5. The Morgan fingerprint density at radius 2 is 2.03 bits per heavy atom. The van der Waals surface area contributed by atoms with E-state index in [0.717, 1.165) is 16.9 Å². The monoisotopic (exact) mass is 510 g/mol. The fourth-order valence-corrected chi connectivity index (χ4v) is 5.50. The SMILES string of the molecule is CNC(=O)Nc1ccc2c(c1)CCC21OC(=O)N(CC(=O)N2CCC[C@@H]2c2ccc(F)cc2OC)C1=O.